The zero-order valence-electron chi connectivity index (χ0n) is 8.28. The number of nitrogens with one attached hydrogen (secondary N) is 2. The van der Waals surface area contributed by atoms with E-state index in [1.54, 1.807) is 0 Å². The average Bonchev–Trinajstić information content (AvgIpc) is 2.08. The second-order valence-electron chi connectivity index (χ2n) is 2.77. The average molecular weight is 214 g/mol. The fourth-order valence-electron chi connectivity index (χ4n) is 0.811. The molecule has 0 rings (SSSR count). The lowest BCUT2D eigenvalue weighted by molar-refractivity contribution is -0.173. The van der Waals surface area contributed by atoms with E-state index < -0.39 is 12.8 Å². The molecule has 0 saturated heterocycles. The Hall–Kier alpha value is -0.330. The smallest absolute Gasteiger partial charge is 0.371 e. The zero-order chi connectivity index (χ0) is 10.9. The molecule has 0 aromatic carbocycles. The molecule has 0 heterocycles. The molecule has 0 aliphatic heterocycles. The first kappa shape index (κ1) is 13.7. The van der Waals surface area contributed by atoms with Crippen molar-refractivity contribution in [3.63, 3.8) is 0 Å². The predicted molar refractivity (Wildman–Crippen MR) is 48.3 cm³/mol. The monoisotopic (exact) mass is 214 g/mol. The van der Waals surface area contributed by atoms with Crippen molar-refractivity contribution >= 4 is 0 Å². The summed E-state index contributed by atoms with van der Waals surface area (Å²) in [5, 5.41) is 6.03. The maximum atomic E-state index is 11.6. The Bertz CT molecular complexity index is 130. The fraction of sp³-hybridized carbons (Fsp3) is 1.00. The highest BCUT2D eigenvalue weighted by Crippen LogP contribution is 2.13. The molecule has 0 saturated carbocycles. The number of ether oxygens (including phenoxy) is 1. The van der Waals surface area contributed by atoms with Crippen molar-refractivity contribution in [3.8, 4) is 0 Å². The van der Waals surface area contributed by atoms with E-state index in [2.05, 4.69) is 15.4 Å². The molecule has 86 valence electrons. The minimum atomic E-state index is -4.22. The van der Waals surface area contributed by atoms with Crippen LogP contribution in [-0.2, 0) is 4.74 Å². The number of hydrogen-bond acceptors (Lipinski definition) is 3. The van der Waals surface area contributed by atoms with Gasteiger partial charge < -0.3 is 15.4 Å². The summed E-state index contributed by atoms with van der Waals surface area (Å²) in [7, 11) is 0. The minimum absolute atomic E-state index is 0.0889. The van der Waals surface area contributed by atoms with Crippen LogP contribution in [0.2, 0.25) is 0 Å². The molecule has 0 aromatic rings. The topological polar surface area (TPSA) is 33.3 Å². The fourth-order valence-corrected chi connectivity index (χ4v) is 0.811. The van der Waals surface area contributed by atoms with Crippen molar-refractivity contribution in [1.29, 1.82) is 0 Å². The van der Waals surface area contributed by atoms with Crippen molar-refractivity contribution in [3.05, 3.63) is 0 Å². The summed E-state index contributed by atoms with van der Waals surface area (Å²) >= 11 is 0. The van der Waals surface area contributed by atoms with Gasteiger partial charge in [0.15, 0.2) is 0 Å². The molecule has 0 radical (unpaired) electrons. The van der Waals surface area contributed by atoms with Crippen molar-refractivity contribution < 1.29 is 17.9 Å². The Balaban J connectivity index is 2.99. The third-order valence-corrected chi connectivity index (χ3v) is 1.42. The van der Waals surface area contributed by atoms with Crippen LogP contribution in [0.4, 0.5) is 13.2 Å². The van der Waals surface area contributed by atoms with Gasteiger partial charge in [0.25, 0.3) is 0 Å². The van der Waals surface area contributed by atoms with E-state index in [0.29, 0.717) is 6.54 Å². The largest absolute Gasteiger partial charge is 0.411 e. The van der Waals surface area contributed by atoms with Crippen molar-refractivity contribution in [2.24, 2.45) is 0 Å². The maximum Gasteiger partial charge on any atom is 0.411 e. The van der Waals surface area contributed by atoms with Crippen LogP contribution in [0.5, 0.6) is 0 Å². The van der Waals surface area contributed by atoms with Gasteiger partial charge in [-0.1, -0.05) is 6.92 Å². The van der Waals surface area contributed by atoms with Crippen molar-refractivity contribution in [2.75, 3.05) is 39.4 Å². The van der Waals surface area contributed by atoms with Crippen LogP contribution in [0.25, 0.3) is 0 Å². The lowest BCUT2D eigenvalue weighted by Crippen LogP contribution is -2.30. The van der Waals surface area contributed by atoms with Gasteiger partial charge >= 0.3 is 6.18 Å². The summed E-state index contributed by atoms with van der Waals surface area (Å²) in [5.41, 5.74) is 0. The van der Waals surface area contributed by atoms with Crippen LogP contribution in [0.15, 0.2) is 0 Å². The standard InChI is InChI=1S/C8H17F3N2O/c1-2-12-3-4-13-5-6-14-7-8(9,10)11/h12-13H,2-7H2,1H3. The molecule has 2 N–H and O–H groups in total. The lowest BCUT2D eigenvalue weighted by Gasteiger charge is -2.08. The number of halogens is 3. The van der Waals surface area contributed by atoms with Gasteiger partial charge in [0.1, 0.15) is 6.61 Å². The van der Waals surface area contributed by atoms with Gasteiger partial charge in [-0.05, 0) is 6.54 Å². The van der Waals surface area contributed by atoms with Crippen LogP contribution < -0.4 is 10.6 Å². The van der Waals surface area contributed by atoms with Gasteiger partial charge in [-0.2, -0.15) is 13.2 Å². The summed E-state index contributed by atoms with van der Waals surface area (Å²) in [5.74, 6) is 0. The van der Waals surface area contributed by atoms with Crippen LogP contribution >= 0.6 is 0 Å². The molecule has 0 aliphatic carbocycles. The SMILES string of the molecule is CCNCCNCCOCC(F)(F)F. The summed E-state index contributed by atoms with van der Waals surface area (Å²) in [4.78, 5) is 0. The Morgan fingerprint density at radius 1 is 1.07 bits per heavy atom. The Morgan fingerprint density at radius 2 is 1.71 bits per heavy atom. The molecular weight excluding hydrogens is 197 g/mol. The molecule has 0 aliphatic rings. The van der Waals surface area contributed by atoms with E-state index >= 15 is 0 Å². The summed E-state index contributed by atoms with van der Waals surface area (Å²) in [6.07, 6.45) is -4.22. The van der Waals surface area contributed by atoms with Crippen molar-refractivity contribution in [1.82, 2.24) is 10.6 Å². The van der Waals surface area contributed by atoms with E-state index in [1.165, 1.54) is 0 Å². The Morgan fingerprint density at radius 3 is 2.29 bits per heavy atom. The first-order valence-corrected chi connectivity index (χ1v) is 4.62. The molecule has 14 heavy (non-hydrogen) atoms. The number of likely N-dealkylation sites (N-methyl/N-ethyl adjacent to an activating group) is 1. The maximum absolute atomic E-state index is 11.6. The van der Waals surface area contributed by atoms with E-state index in [1.807, 2.05) is 6.92 Å². The highest BCUT2D eigenvalue weighted by atomic mass is 19.4. The molecule has 0 amide bonds. The van der Waals surface area contributed by atoms with Gasteiger partial charge in [0.05, 0.1) is 6.61 Å². The summed E-state index contributed by atoms with van der Waals surface area (Å²) in [6.45, 7) is 3.81. The number of hydrogen-bond donors (Lipinski definition) is 2. The summed E-state index contributed by atoms with van der Waals surface area (Å²) in [6, 6.07) is 0. The number of rotatable bonds is 8. The molecule has 6 heteroatoms. The zero-order valence-corrected chi connectivity index (χ0v) is 8.28. The first-order valence-electron chi connectivity index (χ1n) is 4.62. The van der Waals surface area contributed by atoms with E-state index in [4.69, 9.17) is 0 Å². The van der Waals surface area contributed by atoms with Gasteiger partial charge in [-0.25, -0.2) is 0 Å². The third-order valence-electron chi connectivity index (χ3n) is 1.42. The van der Waals surface area contributed by atoms with E-state index in [-0.39, 0.29) is 6.61 Å². The van der Waals surface area contributed by atoms with Crippen LogP contribution in [0, 0.1) is 0 Å². The Kier molecular flexibility index (Phi) is 7.83. The van der Waals surface area contributed by atoms with Gasteiger partial charge in [-0.3, -0.25) is 0 Å². The molecule has 3 nitrogen and oxygen atoms in total. The van der Waals surface area contributed by atoms with Crippen LogP contribution in [0.1, 0.15) is 6.92 Å². The van der Waals surface area contributed by atoms with Gasteiger partial charge in [-0.15, -0.1) is 0 Å². The van der Waals surface area contributed by atoms with Crippen LogP contribution in [0.3, 0.4) is 0 Å². The normalized spacial score (nSPS) is 12.0. The molecule has 0 fully saturated rings. The molecular formula is C8H17F3N2O. The molecule has 0 aromatic heterocycles. The third kappa shape index (κ3) is 11.7. The summed E-state index contributed by atoms with van der Waals surface area (Å²) < 4.78 is 39.1. The molecule has 0 unspecified atom stereocenters. The molecule has 0 spiro atoms. The lowest BCUT2D eigenvalue weighted by atomic mass is 10.5. The quantitative estimate of drug-likeness (QED) is 0.585. The highest BCUT2D eigenvalue weighted by Gasteiger charge is 2.26. The second-order valence-corrected chi connectivity index (χ2v) is 2.77. The van der Waals surface area contributed by atoms with E-state index in [9.17, 15) is 13.2 Å². The second kappa shape index (κ2) is 8.02. The Labute approximate surface area is 82.0 Å². The van der Waals surface area contributed by atoms with Gasteiger partial charge in [0.2, 0.25) is 0 Å². The van der Waals surface area contributed by atoms with E-state index in [0.717, 1.165) is 19.6 Å². The molecule has 0 atom stereocenters. The first-order chi connectivity index (χ1) is 6.56. The minimum Gasteiger partial charge on any atom is -0.371 e. The molecule has 0 bridgehead atoms. The van der Waals surface area contributed by atoms with Crippen molar-refractivity contribution in [2.45, 2.75) is 13.1 Å². The van der Waals surface area contributed by atoms with Gasteiger partial charge in [0, 0.05) is 19.6 Å². The highest BCUT2D eigenvalue weighted by molar-refractivity contribution is 4.51. The van der Waals surface area contributed by atoms with Crippen LogP contribution in [-0.4, -0.2) is 45.6 Å². The number of alkyl halides is 3. The predicted octanol–water partition coefficient (Wildman–Crippen LogP) is 0.764.